The summed E-state index contributed by atoms with van der Waals surface area (Å²) in [7, 11) is -6.85. The molecule has 2 unspecified atom stereocenters. The lowest BCUT2D eigenvalue weighted by molar-refractivity contribution is -0.382. The Morgan fingerprint density at radius 3 is 2.11 bits per heavy atom. The molecule has 2 rings (SSSR count). The molecule has 0 radical (unpaired) electrons. The first-order valence-electron chi connectivity index (χ1n) is 7.72. The van der Waals surface area contributed by atoms with Crippen LogP contribution in [0.15, 0.2) is 11.8 Å². The largest absolute Gasteiger partial charge is 0.460 e. The molecule has 27 heavy (non-hydrogen) atoms. The quantitative estimate of drug-likeness (QED) is 0.439. The average Bonchev–Trinajstić information content (AvgIpc) is 2.85. The molecule has 0 spiro atoms. The van der Waals surface area contributed by atoms with Crippen LogP contribution in [0, 0.1) is 11.3 Å². The zero-order valence-corrected chi connectivity index (χ0v) is 14.5. The molecule has 0 aromatic carbocycles. The van der Waals surface area contributed by atoms with Crippen LogP contribution in [0.5, 0.6) is 0 Å². The Labute approximate surface area is 148 Å². The Kier molecular flexibility index (Phi) is 5.07. The predicted octanol–water partition coefficient (Wildman–Crippen LogP) is 5.24. The number of fused-ring (bicyclic) bond motifs is 1. The molecule has 0 N–H and O–H groups in total. The van der Waals surface area contributed by atoms with Crippen LogP contribution in [-0.2, 0) is 14.3 Å². The van der Waals surface area contributed by atoms with Crippen LogP contribution in [0.4, 0.5) is 39.5 Å². The first-order chi connectivity index (χ1) is 11.9. The normalized spacial score (nSPS) is 27.9. The van der Waals surface area contributed by atoms with Gasteiger partial charge in [-0.1, -0.05) is 13.3 Å². The van der Waals surface area contributed by atoms with Crippen molar-refractivity contribution in [3.63, 3.8) is 0 Å². The van der Waals surface area contributed by atoms with Crippen molar-refractivity contribution in [3.05, 3.63) is 11.8 Å². The van der Waals surface area contributed by atoms with E-state index >= 15 is 0 Å². The highest BCUT2D eigenvalue weighted by molar-refractivity contribution is 7.88. The molecule has 0 aromatic heterocycles. The Bertz CT molecular complexity index is 727. The van der Waals surface area contributed by atoms with E-state index in [4.69, 9.17) is 0 Å². The van der Waals surface area contributed by atoms with Crippen LogP contribution in [0.25, 0.3) is 0 Å². The van der Waals surface area contributed by atoms with Crippen LogP contribution < -0.4 is 0 Å². The van der Waals surface area contributed by atoms with Crippen molar-refractivity contribution in [2.75, 3.05) is 0 Å². The van der Waals surface area contributed by atoms with E-state index in [-0.39, 0.29) is 18.8 Å². The Balaban J connectivity index is 2.32. The maximum absolute atomic E-state index is 13.7. The highest BCUT2D eigenvalue weighted by Crippen LogP contribution is 2.56. The van der Waals surface area contributed by atoms with Crippen LogP contribution in [-0.4, -0.2) is 31.7 Å². The highest BCUT2D eigenvalue weighted by atomic mass is 32.2. The van der Waals surface area contributed by atoms with Gasteiger partial charge in [-0.2, -0.15) is 47.9 Å². The molecule has 0 aromatic rings. The average molecular weight is 434 g/mol. The third-order valence-corrected chi connectivity index (χ3v) is 6.46. The van der Waals surface area contributed by atoms with Crippen LogP contribution in [0.2, 0.25) is 0 Å². The van der Waals surface area contributed by atoms with Gasteiger partial charge in [-0.3, -0.25) is 0 Å². The Morgan fingerprint density at radius 1 is 1.04 bits per heavy atom. The van der Waals surface area contributed by atoms with Crippen molar-refractivity contribution in [2.45, 2.75) is 62.3 Å². The zero-order chi connectivity index (χ0) is 21.1. The molecule has 2 atom stereocenters. The van der Waals surface area contributed by atoms with Crippen molar-refractivity contribution in [3.8, 4) is 0 Å². The number of rotatable bonds is 5. The van der Waals surface area contributed by atoms with Crippen molar-refractivity contribution >= 4 is 10.1 Å². The second-order valence-corrected chi connectivity index (χ2v) is 8.61. The van der Waals surface area contributed by atoms with Gasteiger partial charge in [0.05, 0.1) is 0 Å². The molecule has 0 saturated heterocycles. The van der Waals surface area contributed by atoms with Crippen molar-refractivity contribution in [2.24, 2.45) is 11.3 Å². The lowest BCUT2D eigenvalue weighted by atomic mass is 9.72. The fourth-order valence-corrected chi connectivity index (χ4v) is 4.41. The number of alkyl halides is 9. The van der Waals surface area contributed by atoms with Gasteiger partial charge in [0, 0.05) is 6.42 Å². The van der Waals surface area contributed by atoms with Gasteiger partial charge in [-0.05, 0) is 36.7 Å². The van der Waals surface area contributed by atoms with Gasteiger partial charge >= 0.3 is 33.4 Å². The van der Waals surface area contributed by atoms with E-state index in [0.29, 0.717) is 6.42 Å². The molecular weight excluding hydrogens is 419 g/mol. The molecule has 1 saturated carbocycles. The van der Waals surface area contributed by atoms with Crippen LogP contribution in [0.1, 0.15) is 39.0 Å². The van der Waals surface area contributed by atoms with E-state index in [2.05, 4.69) is 4.18 Å². The third-order valence-electron chi connectivity index (χ3n) is 5.14. The first-order valence-corrected chi connectivity index (χ1v) is 9.13. The Morgan fingerprint density at radius 2 is 1.59 bits per heavy atom. The van der Waals surface area contributed by atoms with Crippen LogP contribution >= 0.6 is 0 Å². The van der Waals surface area contributed by atoms with Gasteiger partial charge in [0.15, 0.2) is 0 Å². The molecule has 158 valence electrons. The molecule has 0 bridgehead atoms. The topological polar surface area (TPSA) is 43.4 Å². The summed E-state index contributed by atoms with van der Waals surface area (Å²) in [6.45, 7) is 1.69. The summed E-state index contributed by atoms with van der Waals surface area (Å²) in [5.41, 5.74) is -0.562. The minimum atomic E-state index is -7.30. The van der Waals surface area contributed by atoms with Gasteiger partial charge in [0.2, 0.25) is 0 Å². The van der Waals surface area contributed by atoms with Gasteiger partial charge in [0.1, 0.15) is 5.76 Å². The van der Waals surface area contributed by atoms with Gasteiger partial charge < -0.3 is 4.18 Å². The minimum Gasteiger partial charge on any atom is -0.383 e. The minimum absolute atomic E-state index is 0.0732. The van der Waals surface area contributed by atoms with Crippen molar-refractivity contribution < 1.29 is 52.1 Å². The van der Waals surface area contributed by atoms with E-state index in [1.807, 2.05) is 0 Å². The van der Waals surface area contributed by atoms with Crippen LogP contribution in [0.3, 0.4) is 0 Å². The maximum atomic E-state index is 13.7. The lowest BCUT2D eigenvalue weighted by Crippen LogP contribution is -2.63. The molecule has 1 fully saturated rings. The second kappa shape index (κ2) is 6.18. The summed E-state index contributed by atoms with van der Waals surface area (Å²) in [6, 6.07) is 0. The number of allylic oxidation sites excluding steroid dienone is 2. The molecule has 3 nitrogen and oxygen atoms in total. The number of hydrogen-bond donors (Lipinski definition) is 0. The summed E-state index contributed by atoms with van der Waals surface area (Å²) in [5, 5.41) is -6.83. The van der Waals surface area contributed by atoms with Gasteiger partial charge in [-0.15, -0.1) is 0 Å². The summed E-state index contributed by atoms with van der Waals surface area (Å²) in [6.07, 6.45) is -4.04. The second-order valence-electron chi connectivity index (χ2n) is 7.03. The molecule has 2 aliphatic rings. The molecule has 2 aliphatic carbocycles. The fraction of sp³-hybridized carbons (Fsp3) is 0.857. The summed E-state index contributed by atoms with van der Waals surface area (Å²) >= 11 is 0. The fourth-order valence-electron chi connectivity index (χ4n) is 3.46. The molecule has 0 heterocycles. The maximum Gasteiger partial charge on any atom is 0.460 e. The highest BCUT2D eigenvalue weighted by Gasteiger charge is 2.86. The summed E-state index contributed by atoms with van der Waals surface area (Å²) in [4.78, 5) is 0. The van der Waals surface area contributed by atoms with E-state index in [0.717, 1.165) is 18.9 Å². The number of hydrogen-bond acceptors (Lipinski definition) is 3. The van der Waals surface area contributed by atoms with Crippen molar-refractivity contribution in [1.82, 2.24) is 0 Å². The van der Waals surface area contributed by atoms with E-state index in [1.54, 1.807) is 6.92 Å². The summed E-state index contributed by atoms with van der Waals surface area (Å²) < 4.78 is 143. The zero-order valence-electron chi connectivity index (χ0n) is 13.7. The standard InChI is InChI=1S/C14H15F9O3S/c1-10-6-2-3-8(10)4-5-9(7-10)26-27(24,25)14(22,23)12(17,18)11(15,16)13(19,20)21/h5,8H,2-4,6-7H2,1H3. The van der Waals surface area contributed by atoms with E-state index < -0.39 is 44.6 Å². The monoisotopic (exact) mass is 434 g/mol. The van der Waals surface area contributed by atoms with Gasteiger partial charge in [0.25, 0.3) is 0 Å². The number of halogens is 9. The predicted molar refractivity (Wildman–Crippen MR) is 73.7 cm³/mol. The molecule has 0 aliphatic heterocycles. The third kappa shape index (κ3) is 3.29. The lowest BCUT2D eigenvalue weighted by Gasteiger charge is -2.36. The molecule has 0 amide bonds. The van der Waals surface area contributed by atoms with Gasteiger partial charge in [-0.25, -0.2) is 0 Å². The van der Waals surface area contributed by atoms with Crippen molar-refractivity contribution in [1.29, 1.82) is 0 Å². The molecular formula is C14H15F9O3S. The molecule has 13 heteroatoms. The summed E-state index contributed by atoms with van der Waals surface area (Å²) in [5.74, 6) is -15.2. The Hall–Kier alpha value is -1.14. The SMILES string of the molecule is CC12CCCC1CC=C(OS(=O)(=O)C(F)(F)C(F)(F)C(F)(F)C(F)(F)F)C2. The van der Waals surface area contributed by atoms with E-state index in [1.165, 1.54) is 0 Å². The smallest absolute Gasteiger partial charge is 0.383 e. The first kappa shape index (κ1) is 22.2. The van der Waals surface area contributed by atoms with E-state index in [9.17, 15) is 47.9 Å².